The van der Waals surface area contributed by atoms with Crippen LogP contribution in [0, 0.1) is 6.92 Å². The Bertz CT molecular complexity index is 642. The van der Waals surface area contributed by atoms with Gasteiger partial charge in [-0.25, -0.2) is 12.7 Å². The lowest BCUT2D eigenvalue weighted by atomic mass is 10.1. The van der Waals surface area contributed by atoms with Crippen LogP contribution < -0.4 is 5.32 Å². The number of rotatable bonds is 9. The third kappa shape index (κ3) is 7.88. The van der Waals surface area contributed by atoms with Crippen molar-refractivity contribution >= 4 is 16.0 Å². The summed E-state index contributed by atoms with van der Waals surface area (Å²) in [5, 5.41) is 3.29. The molecule has 25 heavy (non-hydrogen) atoms. The average Bonchev–Trinajstić information content (AvgIpc) is 2.54. The van der Waals surface area contributed by atoms with E-state index in [0.29, 0.717) is 26.1 Å². The predicted molar refractivity (Wildman–Crippen MR) is 105 cm³/mol. The minimum atomic E-state index is -3.13. The highest BCUT2D eigenvalue weighted by Gasteiger charge is 2.13. The SMILES string of the molecule is CCNC(=NCCCN(CC)S(C)(=O)=O)N(C)Cc1ccc(C)cc1. The second-order valence-corrected chi connectivity index (χ2v) is 8.17. The number of nitrogens with zero attached hydrogens (tertiary/aromatic N) is 3. The van der Waals surface area contributed by atoms with Gasteiger partial charge in [0.1, 0.15) is 0 Å². The standard InChI is InChI=1S/C18H32N4O2S/c1-6-19-18(20-13-8-14-22(7-2)25(5,23)24)21(4)15-17-11-9-16(3)10-12-17/h9-12H,6-8,13-15H2,1-5H3,(H,19,20). The Labute approximate surface area is 153 Å². The molecule has 0 spiro atoms. The Hall–Kier alpha value is -1.60. The van der Waals surface area contributed by atoms with E-state index in [9.17, 15) is 8.42 Å². The Kier molecular flexibility index (Phi) is 8.92. The first-order valence-corrected chi connectivity index (χ1v) is 10.6. The molecule has 1 rings (SSSR count). The van der Waals surface area contributed by atoms with Gasteiger partial charge in [-0.1, -0.05) is 36.8 Å². The number of aryl methyl sites for hydroxylation is 1. The first-order valence-electron chi connectivity index (χ1n) is 8.78. The van der Waals surface area contributed by atoms with Gasteiger partial charge in [-0.2, -0.15) is 0 Å². The molecule has 0 aromatic heterocycles. The molecule has 0 unspecified atom stereocenters. The van der Waals surface area contributed by atoms with Gasteiger partial charge >= 0.3 is 0 Å². The Morgan fingerprint density at radius 3 is 2.36 bits per heavy atom. The maximum absolute atomic E-state index is 11.6. The zero-order chi connectivity index (χ0) is 18.9. The minimum absolute atomic E-state index is 0.496. The molecule has 0 amide bonds. The molecule has 1 aromatic carbocycles. The zero-order valence-corrected chi connectivity index (χ0v) is 16.9. The van der Waals surface area contributed by atoms with E-state index in [2.05, 4.69) is 46.4 Å². The topological polar surface area (TPSA) is 65.0 Å². The highest BCUT2D eigenvalue weighted by Crippen LogP contribution is 2.06. The van der Waals surface area contributed by atoms with Gasteiger partial charge in [0.15, 0.2) is 5.96 Å². The fourth-order valence-electron chi connectivity index (χ4n) is 2.50. The monoisotopic (exact) mass is 368 g/mol. The molecule has 0 fully saturated rings. The van der Waals surface area contributed by atoms with Crippen molar-refractivity contribution in [2.75, 3.05) is 39.5 Å². The smallest absolute Gasteiger partial charge is 0.211 e. The summed E-state index contributed by atoms with van der Waals surface area (Å²) < 4.78 is 24.7. The summed E-state index contributed by atoms with van der Waals surface area (Å²) in [6.07, 6.45) is 1.95. The Balaban J connectivity index is 2.61. The summed E-state index contributed by atoms with van der Waals surface area (Å²) >= 11 is 0. The average molecular weight is 369 g/mol. The molecule has 6 nitrogen and oxygen atoms in total. The Morgan fingerprint density at radius 2 is 1.84 bits per heavy atom. The second kappa shape index (κ2) is 10.4. The van der Waals surface area contributed by atoms with Crippen molar-refractivity contribution in [1.82, 2.24) is 14.5 Å². The minimum Gasteiger partial charge on any atom is -0.357 e. The molecule has 7 heteroatoms. The number of aliphatic imine (C=N–C) groups is 1. The van der Waals surface area contributed by atoms with Gasteiger partial charge in [0.2, 0.25) is 10.0 Å². The molecule has 0 aliphatic carbocycles. The second-order valence-electron chi connectivity index (χ2n) is 6.19. The quantitative estimate of drug-likeness (QED) is 0.412. The van der Waals surface area contributed by atoms with Gasteiger partial charge in [-0.05, 0) is 25.8 Å². The van der Waals surface area contributed by atoms with Crippen LogP contribution in [0.5, 0.6) is 0 Å². The number of nitrogens with one attached hydrogen (secondary N) is 1. The van der Waals surface area contributed by atoms with Crippen LogP contribution in [0.15, 0.2) is 29.3 Å². The molecule has 1 aromatic rings. The lowest BCUT2D eigenvalue weighted by Gasteiger charge is -2.22. The van der Waals surface area contributed by atoms with E-state index in [1.54, 1.807) is 0 Å². The van der Waals surface area contributed by atoms with Crippen molar-refractivity contribution in [3.8, 4) is 0 Å². The lowest BCUT2D eigenvalue weighted by Crippen LogP contribution is -2.38. The fourth-order valence-corrected chi connectivity index (χ4v) is 3.43. The molecule has 0 saturated carbocycles. The summed E-state index contributed by atoms with van der Waals surface area (Å²) in [5.74, 6) is 0.838. The Morgan fingerprint density at radius 1 is 1.20 bits per heavy atom. The van der Waals surface area contributed by atoms with Crippen molar-refractivity contribution in [2.24, 2.45) is 4.99 Å². The largest absolute Gasteiger partial charge is 0.357 e. The van der Waals surface area contributed by atoms with Gasteiger partial charge in [0.05, 0.1) is 6.26 Å². The first kappa shape index (κ1) is 21.4. The molecule has 0 saturated heterocycles. The summed E-state index contributed by atoms with van der Waals surface area (Å²) in [6.45, 7) is 9.12. The van der Waals surface area contributed by atoms with E-state index >= 15 is 0 Å². The van der Waals surface area contributed by atoms with Crippen LogP contribution in [-0.2, 0) is 16.6 Å². The zero-order valence-electron chi connectivity index (χ0n) is 16.1. The van der Waals surface area contributed by atoms with E-state index in [1.807, 2.05) is 20.9 Å². The van der Waals surface area contributed by atoms with Crippen LogP contribution in [0.3, 0.4) is 0 Å². The molecular weight excluding hydrogens is 336 g/mol. The van der Waals surface area contributed by atoms with Crippen molar-refractivity contribution in [2.45, 2.75) is 33.7 Å². The fraction of sp³-hybridized carbons (Fsp3) is 0.611. The van der Waals surface area contributed by atoms with Crippen molar-refractivity contribution in [3.05, 3.63) is 35.4 Å². The summed E-state index contributed by atoms with van der Waals surface area (Å²) in [7, 11) is -1.12. The highest BCUT2D eigenvalue weighted by atomic mass is 32.2. The molecule has 142 valence electrons. The number of sulfonamides is 1. The van der Waals surface area contributed by atoms with Crippen LogP contribution in [0.4, 0.5) is 0 Å². The van der Waals surface area contributed by atoms with Crippen LogP contribution in [0.25, 0.3) is 0 Å². The van der Waals surface area contributed by atoms with E-state index in [1.165, 1.54) is 21.7 Å². The number of hydrogen-bond donors (Lipinski definition) is 1. The van der Waals surface area contributed by atoms with Gasteiger partial charge in [-0.15, -0.1) is 0 Å². The molecule has 0 radical (unpaired) electrons. The van der Waals surface area contributed by atoms with Crippen molar-refractivity contribution in [3.63, 3.8) is 0 Å². The lowest BCUT2D eigenvalue weighted by molar-refractivity contribution is 0.425. The molecular formula is C18H32N4O2S. The van der Waals surface area contributed by atoms with E-state index < -0.39 is 10.0 Å². The third-order valence-electron chi connectivity index (χ3n) is 3.89. The maximum Gasteiger partial charge on any atom is 0.211 e. The first-order chi connectivity index (χ1) is 11.8. The van der Waals surface area contributed by atoms with E-state index in [0.717, 1.165) is 19.0 Å². The van der Waals surface area contributed by atoms with Crippen LogP contribution in [0.1, 0.15) is 31.4 Å². The summed E-state index contributed by atoms with van der Waals surface area (Å²) in [4.78, 5) is 6.71. The van der Waals surface area contributed by atoms with Gasteiger partial charge in [0, 0.05) is 39.8 Å². The van der Waals surface area contributed by atoms with Gasteiger partial charge in [0.25, 0.3) is 0 Å². The molecule has 0 heterocycles. The maximum atomic E-state index is 11.6. The third-order valence-corrected chi connectivity index (χ3v) is 5.26. The summed E-state index contributed by atoms with van der Waals surface area (Å²) in [6, 6.07) is 8.47. The normalized spacial score (nSPS) is 12.5. The van der Waals surface area contributed by atoms with E-state index in [-0.39, 0.29) is 0 Å². The number of guanidine groups is 1. The van der Waals surface area contributed by atoms with Crippen LogP contribution in [0.2, 0.25) is 0 Å². The molecule has 0 aliphatic rings. The molecule has 0 bridgehead atoms. The highest BCUT2D eigenvalue weighted by molar-refractivity contribution is 7.88. The van der Waals surface area contributed by atoms with Crippen molar-refractivity contribution < 1.29 is 8.42 Å². The molecule has 0 atom stereocenters. The molecule has 0 aliphatic heterocycles. The number of hydrogen-bond acceptors (Lipinski definition) is 3. The van der Waals surface area contributed by atoms with Gasteiger partial charge in [-0.3, -0.25) is 4.99 Å². The van der Waals surface area contributed by atoms with Crippen LogP contribution in [-0.4, -0.2) is 63.1 Å². The predicted octanol–water partition coefficient (Wildman–Crippen LogP) is 2.06. The van der Waals surface area contributed by atoms with E-state index in [4.69, 9.17) is 0 Å². The molecule has 1 N–H and O–H groups in total. The van der Waals surface area contributed by atoms with Gasteiger partial charge < -0.3 is 10.2 Å². The number of benzene rings is 1. The van der Waals surface area contributed by atoms with Crippen LogP contribution >= 0.6 is 0 Å². The summed E-state index contributed by atoms with van der Waals surface area (Å²) in [5.41, 5.74) is 2.48. The van der Waals surface area contributed by atoms with Crippen molar-refractivity contribution in [1.29, 1.82) is 0 Å².